The van der Waals surface area contributed by atoms with Crippen LogP contribution in [0.1, 0.15) is 30.6 Å². The van der Waals surface area contributed by atoms with Crippen LogP contribution in [0.3, 0.4) is 0 Å². The minimum atomic E-state index is -0.286. The molecule has 0 saturated carbocycles. The molecule has 0 N–H and O–H groups in total. The highest BCUT2D eigenvalue weighted by Crippen LogP contribution is 2.27. The van der Waals surface area contributed by atoms with Gasteiger partial charge in [0.15, 0.2) is 0 Å². The lowest BCUT2D eigenvalue weighted by Gasteiger charge is -2.21. The van der Waals surface area contributed by atoms with Crippen molar-refractivity contribution in [3.05, 3.63) is 102 Å². The Morgan fingerprint density at radius 2 is 1.37 bits per heavy atom. The molecule has 0 unspecified atom stereocenters. The quantitative estimate of drug-likeness (QED) is 0.389. The van der Waals surface area contributed by atoms with Gasteiger partial charge < -0.3 is 9.47 Å². The standard InChI is InChI=1S/C24H24O3/c1-19(24(25)27-22-15-9-4-10-16-22)17-23(21-13-7-3-8-14-21)26-18-20-11-5-2-6-12-20/h2-16,19,23H,17-18H2,1H3/t19-,23+/m0/s1. The van der Waals surface area contributed by atoms with E-state index in [4.69, 9.17) is 9.47 Å². The van der Waals surface area contributed by atoms with Crippen LogP contribution in [0.15, 0.2) is 91.0 Å². The fraction of sp³-hybridized carbons (Fsp3) is 0.208. The van der Waals surface area contributed by atoms with Crippen LogP contribution < -0.4 is 4.74 Å². The van der Waals surface area contributed by atoms with Gasteiger partial charge in [-0.05, 0) is 29.7 Å². The van der Waals surface area contributed by atoms with E-state index in [9.17, 15) is 4.79 Å². The highest BCUT2D eigenvalue weighted by atomic mass is 16.5. The SMILES string of the molecule is C[C@@H](C[C@@H](OCc1ccccc1)c1ccccc1)C(=O)Oc1ccccc1. The predicted molar refractivity (Wildman–Crippen MR) is 106 cm³/mol. The average Bonchev–Trinajstić information content (AvgIpc) is 2.73. The summed E-state index contributed by atoms with van der Waals surface area (Å²) >= 11 is 0. The van der Waals surface area contributed by atoms with Crippen molar-refractivity contribution in [1.82, 2.24) is 0 Å². The Balaban J connectivity index is 1.66. The first kappa shape index (κ1) is 18.9. The molecule has 0 aliphatic rings. The summed E-state index contributed by atoms with van der Waals surface area (Å²) < 4.78 is 11.7. The zero-order chi connectivity index (χ0) is 18.9. The van der Waals surface area contributed by atoms with Crippen LogP contribution in [0.5, 0.6) is 5.75 Å². The van der Waals surface area contributed by atoms with Gasteiger partial charge in [0.25, 0.3) is 0 Å². The maximum Gasteiger partial charge on any atom is 0.314 e. The van der Waals surface area contributed by atoms with Crippen molar-refractivity contribution in [2.45, 2.75) is 26.1 Å². The molecule has 3 nitrogen and oxygen atoms in total. The Hall–Kier alpha value is -2.91. The zero-order valence-corrected chi connectivity index (χ0v) is 15.5. The maximum atomic E-state index is 12.5. The summed E-state index contributed by atoms with van der Waals surface area (Å²) in [5, 5.41) is 0. The molecule has 0 radical (unpaired) electrons. The van der Waals surface area contributed by atoms with Gasteiger partial charge in [-0.2, -0.15) is 0 Å². The van der Waals surface area contributed by atoms with Gasteiger partial charge in [0.1, 0.15) is 5.75 Å². The number of carbonyl (C=O) groups excluding carboxylic acids is 1. The fourth-order valence-corrected chi connectivity index (χ4v) is 2.86. The highest BCUT2D eigenvalue weighted by molar-refractivity contribution is 5.74. The van der Waals surface area contributed by atoms with E-state index in [2.05, 4.69) is 0 Å². The van der Waals surface area contributed by atoms with Crippen LogP contribution in [0.2, 0.25) is 0 Å². The topological polar surface area (TPSA) is 35.5 Å². The molecule has 0 fully saturated rings. The Labute approximate surface area is 160 Å². The molecule has 0 spiro atoms. The first-order valence-corrected chi connectivity index (χ1v) is 9.19. The summed E-state index contributed by atoms with van der Waals surface area (Å²) in [5.41, 5.74) is 2.17. The van der Waals surface area contributed by atoms with Crippen LogP contribution in [0.25, 0.3) is 0 Å². The molecule has 0 aliphatic carbocycles. The van der Waals surface area contributed by atoms with Crippen LogP contribution in [0, 0.1) is 5.92 Å². The van der Waals surface area contributed by atoms with E-state index in [0.717, 1.165) is 11.1 Å². The van der Waals surface area contributed by atoms with Gasteiger partial charge in [0.2, 0.25) is 0 Å². The summed E-state index contributed by atoms with van der Waals surface area (Å²) in [7, 11) is 0. The summed E-state index contributed by atoms with van der Waals surface area (Å²) in [5.74, 6) is 0.0347. The average molecular weight is 360 g/mol. The normalized spacial score (nSPS) is 12.9. The Morgan fingerprint density at radius 1 is 0.815 bits per heavy atom. The minimum absolute atomic E-state index is 0.176. The van der Waals surface area contributed by atoms with Gasteiger partial charge in [0.05, 0.1) is 18.6 Å². The van der Waals surface area contributed by atoms with Crippen LogP contribution in [0.4, 0.5) is 0 Å². The summed E-state index contributed by atoms with van der Waals surface area (Å²) in [6.07, 6.45) is 0.382. The molecule has 3 rings (SSSR count). The highest BCUT2D eigenvalue weighted by Gasteiger charge is 2.22. The Morgan fingerprint density at radius 3 is 2.00 bits per heavy atom. The Bertz CT molecular complexity index is 816. The minimum Gasteiger partial charge on any atom is -0.426 e. The molecule has 0 amide bonds. The monoisotopic (exact) mass is 360 g/mol. The Kier molecular flexibility index (Phi) is 6.78. The number of para-hydroxylation sites is 1. The molecule has 0 bridgehead atoms. The number of hydrogen-bond acceptors (Lipinski definition) is 3. The number of benzene rings is 3. The number of esters is 1. The first-order valence-electron chi connectivity index (χ1n) is 9.19. The van der Waals surface area contributed by atoms with E-state index < -0.39 is 0 Å². The van der Waals surface area contributed by atoms with Crippen molar-refractivity contribution in [2.75, 3.05) is 0 Å². The van der Waals surface area contributed by atoms with Crippen molar-refractivity contribution < 1.29 is 14.3 Å². The third-order valence-electron chi connectivity index (χ3n) is 4.40. The summed E-state index contributed by atoms with van der Waals surface area (Å²) in [6, 6.07) is 29.2. The van der Waals surface area contributed by atoms with Gasteiger partial charge in [-0.1, -0.05) is 85.8 Å². The van der Waals surface area contributed by atoms with E-state index in [0.29, 0.717) is 18.8 Å². The third-order valence-corrected chi connectivity index (χ3v) is 4.40. The summed E-state index contributed by atoms with van der Waals surface area (Å²) in [6.45, 7) is 2.38. The molecule has 2 atom stereocenters. The van der Waals surface area contributed by atoms with Gasteiger partial charge >= 0.3 is 5.97 Å². The lowest BCUT2D eigenvalue weighted by molar-refractivity contribution is -0.139. The smallest absolute Gasteiger partial charge is 0.314 e. The number of ether oxygens (including phenoxy) is 2. The zero-order valence-electron chi connectivity index (χ0n) is 15.5. The molecule has 0 aliphatic heterocycles. The molecular weight excluding hydrogens is 336 g/mol. The van der Waals surface area contributed by atoms with E-state index in [1.54, 1.807) is 12.1 Å². The van der Waals surface area contributed by atoms with Gasteiger partial charge in [-0.3, -0.25) is 4.79 Å². The van der Waals surface area contributed by atoms with E-state index in [1.165, 1.54) is 0 Å². The second-order valence-electron chi connectivity index (χ2n) is 6.57. The molecular formula is C24H24O3. The molecule has 3 aromatic rings. The molecule has 3 heteroatoms. The van der Waals surface area contributed by atoms with Crippen molar-refractivity contribution in [3.8, 4) is 5.75 Å². The first-order chi connectivity index (χ1) is 13.2. The molecule has 138 valence electrons. The molecule has 0 aromatic heterocycles. The number of hydrogen-bond donors (Lipinski definition) is 0. The van der Waals surface area contributed by atoms with Gasteiger partial charge in [0, 0.05) is 0 Å². The largest absolute Gasteiger partial charge is 0.426 e. The van der Waals surface area contributed by atoms with E-state index >= 15 is 0 Å². The molecule has 0 heterocycles. The lowest BCUT2D eigenvalue weighted by atomic mass is 9.98. The van der Waals surface area contributed by atoms with Crippen LogP contribution in [-0.4, -0.2) is 5.97 Å². The van der Waals surface area contributed by atoms with Crippen molar-refractivity contribution in [2.24, 2.45) is 5.92 Å². The molecule has 3 aromatic carbocycles. The lowest BCUT2D eigenvalue weighted by Crippen LogP contribution is -2.21. The van der Waals surface area contributed by atoms with Crippen molar-refractivity contribution >= 4 is 5.97 Å². The molecule has 27 heavy (non-hydrogen) atoms. The van der Waals surface area contributed by atoms with Crippen molar-refractivity contribution in [3.63, 3.8) is 0 Å². The van der Waals surface area contributed by atoms with Gasteiger partial charge in [-0.25, -0.2) is 0 Å². The number of rotatable bonds is 8. The van der Waals surface area contributed by atoms with Crippen molar-refractivity contribution in [1.29, 1.82) is 0 Å². The third kappa shape index (κ3) is 5.80. The second kappa shape index (κ2) is 9.70. The van der Waals surface area contributed by atoms with Crippen LogP contribution in [-0.2, 0) is 16.1 Å². The number of carbonyl (C=O) groups is 1. The van der Waals surface area contributed by atoms with Crippen LogP contribution >= 0.6 is 0 Å². The molecule has 0 saturated heterocycles. The summed E-state index contributed by atoms with van der Waals surface area (Å²) in [4.78, 5) is 12.5. The fourth-order valence-electron chi connectivity index (χ4n) is 2.86. The van der Waals surface area contributed by atoms with E-state index in [1.807, 2.05) is 85.8 Å². The van der Waals surface area contributed by atoms with E-state index in [-0.39, 0.29) is 18.0 Å². The maximum absolute atomic E-state index is 12.5. The predicted octanol–water partition coefficient (Wildman–Crippen LogP) is 5.58. The van der Waals surface area contributed by atoms with Gasteiger partial charge in [-0.15, -0.1) is 0 Å². The second-order valence-corrected chi connectivity index (χ2v) is 6.57.